The van der Waals surface area contributed by atoms with Crippen LogP contribution in [0.3, 0.4) is 0 Å². The van der Waals surface area contributed by atoms with Crippen LogP contribution in [0.4, 0.5) is 0 Å². The average Bonchev–Trinajstić information content (AvgIpc) is 2.29. The minimum Gasteiger partial charge on any atom is -0.392 e. The normalized spacial score (nSPS) is 23.4. The summed E-state index contributed by atoms with van der Waals surface area (Å²) in [6, 6.07) is 0.270. The molecule has 2 unspecified atom stereocenters. The molecule has 0 aromatic heterocycles. The Bertz CT molecular complexity index is 233. The molecule has 0 bridgehead atoms. The first kappa shape index (κ1) is 14.5. The number of piperidine rings is 1. The van der Waals surface area contributed by atoms with Gasteiger partial charge in [0.2, 0.25) is 5.91 Å². The Balaban J connectivity index is 2.30. The van der Waals surface area contributed by atoms with Crippen LogP contribution in [0.5, 0.6) is 0 Å². The molecular weight excluding hydrogens is 216 g/mol. The number of nitrogens with one attached hydrogen (secondary N) is 1. The summed E-state index contributed by atoms with van der Waals surface area (Å²) in [6.07, 6.45) is 4.25. The summed E-state index contributed by atoms with van der Waals surface area (Å²) in [5.41, 5.74) is 0. The molecule has 100 valence electrons. The predicted octanol–water partition coefficient (Wildman–Crippen LogP) is 1.14. The largest absolute Gasteiger partial charge is 0.392 e. The van der Waals surface area contributed by atoms with E-state index in [4.69, 9.17) is 0 Å². The van der Waals surface area contributed by atoms with Gasteiger partial charge in [0.15, 0.2) is 0 Å². The van der Waals surface area contributed by atoms with Gasteiger partial charge >= 0.3 is 0 Å². The highest BCUT2D eigenvalue weighted by atomic mass is 16.3. The summed E-state index contributed by atoms with van der Waals surface area (Å²) >= 11 is 0. The van der Waals surface area contributed by atoms with Crippen molar-refractivity contribution in [1.82, 2.24) is 10.2 Å². The van der Waals surface area contributed by atoms with Crippen molar-refractivity contribution in [3.05, 3.63) is 0 Å². The second-order valence-electron chi connectivity index (χ2n) is 4.98. The maximum atomic E-state index is 11.5. The molecule has 1 fully saturated rings. The summed E-state index contributed by atoms with van der Waals surface area (Å²) in [4.78, 5) is 13.8. The standard InChI is InChI=1S/C13H26N2O2/c1-3-6-13(17)14-11-7-5-8-15(9-11)10-12(16)4-2/h11-12,16H,3-10H2,1-2H3,(H,14,17). The molecule has 0 aromatic rings. The van der Waals surface area contributed by atoms with Gasteiger partial charge in [-0.2, -0.15) is 0 Å². The third kappa shape index (κ3) is 5.50. The van der Waals surface area contributed by atoms with Crippen molar-refractivity contribution >= 4 is 5.91 Å². The van der Waals surface area contributed by atoms with E-state index < -0.39 is 0 Å². The van der Waals surface area contributed by atoms with Crippen LogP contribution in [-0.4, -0.2) is 47.7 Å². The Labute approximate surface area is 104 Å². The molecule has 1 amide bonds. The molecule has 0 aromatic carbocycles. The van der Waals surface area contributed by atoms with E-state index in [0.717, 1.165) is 45.3 Å². The molecule has 0 saturated carbocycles. The van der Waals surface area contributed by atoms with Crippen molar-refractivity contribution < 1.29 is 9.90 Å². The first-order valence-electron chi connectivity index (χ1n) is 6.85. The molecular formula is C13H26N2O2. The van der Waals surface area contributed by atoms with Crippen molar-refractivity contribution in [2.75, 3.05) is 19.6 Å². The quantitative estimate of drug-likeness (QED) is 0.734. The number of aliphatic hydroxyl groups is 1. The predicted molar refractivity (Wildman–Crippen MR) is 68.8 cm³/mol. The molecule has 4 heteroatoms. The summed E-state index contributed by atoms with van der Waals surface area (Å²) in [7, 11) is 0. The number of hydrogen-bond donors (Lipinski definition) is 2. The second-order valence-corrected chi connectivity index (χ2v) is 4.98. The lowest BCUT2D eigenvalue weighted by atomic mass is 10.0. The Morgan fingerprint density at radius 1 is 1.53 bits per heavy atom. The monoisotopic (exact) mass is 242 g/mol. The smallest absolute Gasteiger partial charge is 0.220 e. The van der Waals surface area contributed by atoms with Crippen LogP contribution in [0.2, 0.25) is 0 Å². The second kappa shape index (κ2) is 7.67. The molecule has 1 aliphatic heterocycles. The lowest BCUT2D eigenvalue weighted by molar-refractivity contribution is -0.122. The zero-order valence-electron chi connectivity index (χ0n) is 11.1. The lowest BCUT2D eigenvalue weighted by Gasteiger charge is -2.34. The Morgan fingerprint density at radius 3 is 2.94 bits per heavy atom. The molecule has 17 heavy (non-hydrogen) atoms. The number of aliphatic hydroxyl groups excluding tert-OH is 1. The van der Waals surface area contributed by atoms with Gasteiger partial charge in [-0.3, -0.25) is 9.69 Å². The fourth-order valence-electron chi connectivity index (χ4n) is 2.29. The minimum atomic E-state index is -0.236. The fraction of sp³-hybridized carbons (Fsp3) is 0.923. The van der Waals surface area contributed by atoms with Gasteiger partial charge in [-0.1, -0.05) is 13.8 Å². The van der Waals surface area contributed by atoms with E-state index in [-0.39, 0.29) is 18.1 Å². The van der Waals surface area contributed by atoms with Crippen molar-refractivity contribution in [3.63, 3.8) is 0 Å². The average molecular weight is 242 g/mol. The number of hydrogen-bond acceptors (Lipinski definition) is 3. The van der Waals surface area contributed by atoms with Crippen LogP contribution in [-0.2, 0) is 4.79 Å². The van der Waals surface area contributed by atoms with Crippen LogP contribution in [0.25, 0.3) is 0 Å². The number of carbonyl (C=O) groups is 1. The molecule has 2 N–H and O–H groups in total. The topological polar surface area (TPSA) is 52.6 Å². The number of carbonyl (C=O) groups excluding carboxylic acids is 1. The molecule has 1 heterocycles. The van der Waals surface area contributed by atoms with Crippen LogP contribution in [0.15, 0.2) is 0 Å². The van der Waals surface area contributed by atoms with E-state index in [1.807, 2.05) is 13.8 Å². The fourth-order valence-corrected chi connectivity index (χ4v) is 2.29. The number of rotatable bonds is 6. The van der Waals surface area contributed by atoms with Gasteiger partial charge in [0.25, 0.3) is 0 Å². The Hall–Kier alpha value is -0.610. The molecule has 2 atom stereocenters. The van der Waals surface area contributed by atoms with Gasteiger partial charge < -0.3 is 10.4 Å². The van der Waals surface area contributed by atoms with Gasteiger partial charge in [-0.25, -0.2) is 0 Å². The highest BCUT2D eigenvalue weighted by molar-refractivity contribution is 5.76. The van der Waals surface area contributed by atoms with E-state index in [2.05, 4.69) is 10.2 Å². The number of likely N-dealkylation sites (tertiary alicyclic amines) is 1. The van der Waals surface area contributed by atoms with E-state index in [1.54, 1.807) is 0 Å². The number of amides is 1. The minimum absolute atomic E-state index is 0.162. The van der Waals surface area contributed by atoms with Crippen molar-refractivity contribution in [1.29, 1.82) is 0 Å². The summed E-state index contributed by atoms with van der Waals surface area (Å²) in [6.45, 7) is 6.67. The van der Waals surface area contributed by atoms with E-state index in [1.165, 1.54) is 0 Å². The van der Waals surface area contributed by atoms with Gasteiger partial charge in [-0.05, 0) is 32.2 Å². The third-order valence-corrected chi connectivity index (χ3v) is 3.29. The maximum absolute atomic E-state index is 11.5. The number of nitrogens with zero attached hydrogens (tertiary/aromatic N) is 1. The zero-order chi connectivity index (χ0) is 12.7. The summed E-state index contributed by atoms with van der Waals surface area (Å²) in [5.74, 6) is 0.162. The SMILES string of the molecule is CCCC(=O)NC1CCCN(CC(O)CC)C1. The van der Waals surface area contributed by atoms with Crippen molar-refractivity contribution in [2.45, 2.75) is 58.1 Å². The van der Waals surface area contributed by atoms with Gasteiger partial charge in [-0.15, -0.1) is 0 Å². The molecule has 0 radical (unpaired) electrons. The van der Waals surface area contributed by atoms with Crippen LogP contribution < -0.4 is 5.32 Å². The highest BCUT2D eigenvalue weighted by Gasteiger charge is 2.22. The molecule has 1 saturated heterocycles. The first-order chi connectivity index (χ1) is 8.15. The van der Waals surface area contributed by atoms with Crippen LogP contribution in [0, 0.1) is 0 Å². The van der Waals surface area contributed by atoms with E-state index in [0.29, 0.717) is 6.42 Å². The molecule has 4 nitrogen and oxygen atoms in total. The van der Waals surface area contributed by atoms with Gasteiger partial charge in [0.1, 0.15) is 0 Å². The van der Waals surface area contributed by atoms with Gasteiger partial charge in [0, 0.05) is 25.6 Å². The Morgan fingerprint density at radius 2 is 2.29 bits per heavy atom. The molecule has 1 rings (SSSR count). The van der Waals surface area contributed by atoms with Crippen LogP contribution in [0.1, 0.15) is 46.0 Å². The van der Waals surface area contributed by atoms with E-state index in [9.17, 15) is 9.90 Å². The van der Waals surface area contributed by atoms with Crippen LogP contribution >= 0.6 is 0 Å². The maximum Gasteiger partial charge on any atom is 0.220 e. The first-order valence-corrected chi connectivity index (χ1v) is 6.85. The molecule has 1 aliphatic rings. The highest BCUT2D eigenvalue weighted by Crippen LogP contribution is 2.11. The van der Waals surface area contributed by atoms with Crippen molar-refractivity contribution in [2.24, 2.45) is 0 Å². The third-order valence-electron chi connectivity index (χ3n) is 3.29. The van der Waals surface area contributed by atoms with E-state index >= 15 is 0 Å². The zero-order valence-corrected chi connectivity index (χ0v) is 11.1. The van der Waals surface area contributed by atoms with Crippen molar-refractivity contribution in [3.8, 4) is 0 Å². The number of β-amino-alcohol motifs (C(OH)–C–C–N with tert-alkyl or cyclic N) is 1. The summed E-state index contributed by atoms with van der Waals surface area (Å²) < 4.78 is 0. The molecule has 0 spiro atoms. The summed E-state index contributed by atoms with van der Waals surface area (Å²) in [5, 5.41) is 12.7. The van der Waals surface area contributed by atoms with Gasteiger partial charge in [0.05, 0.1) is 6.10 Å². The molecule has 0 aliphatic carbocycles. The Kier molecular flexibility index (Phi) is 6.52. The lowest BCUT2D eigenvalue weighted by Crippen LogP contribution is -2.49.